The molecule has 0 aromatic carbocycles. The first-order valence-electron chi connectivity index (χ1n) is 2.79. The normalized spacial score (nSPS) is 10.9. The minimum atomic E-state index is 0.320. The molecule has 0 N–H and O–H groups in total. The van der Waals surface area contributed by atoms with Crippen LogP contribution in [0.3, 0.4) is 0 Å². The SMILES string of the molecule is ClCc1noc2ccoc12. The van der Waals surface area contributed by atoms with Crippen molar-refractivity contribution >= 4 is 22.8 Å². The van der Waals surface area contributed by atoms with E-state index in [9.17, 15) is 0 Å². The van der Waals surface area contributed by atoms with E-state index in [1.807, 2.05) is 0 Å². The molecule has 0 amide bonds. The highest BCUT2D eigenvalue weighted by Gasteiger charge is 2.08. The maximum absolute atomic E-state index is 5.52. The zero-order chi connectivity index (χ0) is 6.97. The highest BCUT2D eigenvalue weighted by Crippen LogP contribution is 2.19. The number of fused-ring (bicyclic) bond motifs is 1. The number of hydrogen-bond acceptors (Lipinski definition) is 3. The summed E-state index contributed by atoms with van der Waals surface area (Å²) in [5.74, 6) is 0.320. The van der Waals surface area contributed by atoms with E-state index in [1.54, 1.807) is 12.3 Å². The van der Waals surface area contributed by atoms with Crippen molar-refractivity contribution in [1.29, 1.82) is 0 Å². The summed E-state index contributed by atoms with van der Waals surface area (Å²) in [6, 6.07) is 1.71. The zero-order valence-corrected chi connectivity index (χ0v) is 5.76. The van der Waals surface area contributed by atoms with Crippen LogP contribution in [0.2, 0.25) is 0 Å². The third kappa shape index (κ3) is 0.640. The molecule has 0 spiro atoms. The molecule has 2 aromatic heterocycles. The van der Waals surface area contributed by atoms with Gasteiger partial charge in [0.2, 0.25) is 5.58 Å². The van der Waals surface area contributed by atoms with Gasteiger partial charge in [0.1, 0.15) is 5.69 Å². The van der Waals surface area contributed by atoms with Crippen LogP contribution in [0, 0.1) is 0 Å². The first-order valence-corrected chi connectivity index (χ1v) is 3.33. The minimum absolute atomic E-state index is 0.320. The lowest BCUT2D eigenvalue weighted by atomic mass is 10.4. The van der Waals surface area contributed by atoms with Crippen molar-refractivity contribution in [2.75, 3.05) is 0 Å². The number of nitrogens with zero attached hydrogens (tertiary/aromatic N) is 1. The Hall–Kier alpha value is -0.960. The molecule has 0 bridgehead atoms. The second-order valence-corrected chi connectivity index (χ2v) is 2.14. The number of aromatic nitrogens is 1. The van der Waals surface area contributed by atoms with E-state index in [4.69, 9.17) is 20.5 Å². The van der Waals surface area contributed by atoms with Crippen LogP contribution in [0.15, 0.2) is 21.3 Å². The van der Waals surface area contributed by atoms with Crippen LogP contribution in [-0.4, -0.2) is 5.16 Å². The molecule has 0 saturated heterocycles. The molecule has 0 atom stereocenters. The lowest BCUT2D eigenvalue weighted by Gasteiger charge is -1.78. The van der Waals surface area contributed by atoms with Gasteiger partial charge in [0, 0.05) is 6.07 Å². The number of halogens is 1. The topological polar surface area (TPSA) is 39.2 Å². The standard InChI is InChI=1S/C6H4ClNO2/c7-3-4-6-5(10-8-4)1-2-9-6/h1-2H,3H2. The molecule has 10 heavy (non-hydrogen) atoms. The van der Waals surface area contributed by atoms with E-state index < -0.39 is 0 Å². The van der Waals surface area contributed by atoms with E-state index >= 15 is 0 Å². The summed E-state index contributed by atoms with van der Waals surface area (Å²) in [6.07, 6.45) is 1.55. The molecule has 3 nitrogen and oxygen atoms in total. The molecule has 2 rings (SSSR count). The molecule has 2 heterocycles. The molecule has 0 saturated carbocycles. The van der Waals surface area contributed by atoms with Crippen LogP contribution >= 0.6 is 11.6 Å². The summed E-state index contributed by atoms with van der Waals surface area (Å²) < 4.78 is 9.89. The quantitative estimate of drug-likeness (QED) is 0.596. The largest absolute Gasteiger partial charge is 0.459 e. The van der Waals surface area contributed by atoms with Crippen LogP contribution in [0.1, 0.15) is 5.69 Å². The molecular weight excluding hydrogens is 154 g/mol. The fraction of sp³-hybridized carbons (Fsp3) is 0.167. The molecule has 0 radical (unpaired) electrons. The Morgan fingerprint density at radius 1 is 1.60 bits per heavy atom. The highest BCUT2D eigenvalue weighted by atomic mass is 35.5. The molecule has 0 aliphatic carbocycles. The smallest absolute Gasteiger partial charge is 0.205 e. The Kier molecular flexibility index (Phi) is 1.17. The molecule has 0 aliphatic rings. The monoisotopic (exact) mass is 157 g/mol. The van der Waals surface area contributed by atoms with Gasteiger partial charge in [-0.05, 0) is 0 Å². The lowest BCUT2D eigenvalue weighted by molar-refractivity contribution is 0.449. The molecular formula is C6H4ClNO2. The van der Waals surface area contributed by atoms with Crippen LogP contribution < -0.4 is 0 Å². The number of hydrogen-bond donors (Lipinski definition) is 0. The van der Waals surface area contributed by atoms with Crippen molar-refractivity contribution < 1.29 is 8.94 Å². The summed E-state index contributed by atoms with van der Waals surface area (Å²) in [4.78, 5) is 0. The Bertz CT molecular complexity index is 338. The van der Waals surface area contributed by atoms with Gasteiger partial charge in [0.05, 0.1) is 12.1 Å². The van der Waals surface area contributed by atoms with E-state index in [1.165, 1.54) is 0 Å². The summed E-state index contributed by atoms with van der Waals surface area (Å²) in [7, 11) is 0. The first kappa shape index (κ1) is 5.80. The van der Waals surface area contributed by atoms with Crippen molar-refractivity contribution in [3.8, 4) is 0 Å². The van der Waals surface area contributed by atoms with Gasteiger partial charge in [0.15, 0.2) is 5.58 Å². The van der Waals surface area contributed by atoms with Gasteiger partial charge in [0.25, 0.3) is 0 Å². The van der Waals surface area contributed by atoms with Gasteiger partial charge in [-0.3, -0.25) is 0 Å². The number of furan rings is 1. The summed E-state index contributed by atoms with van der Waals surface area (Å²) in [5.41, 5.74) is 1.95. The van der Waals surface area contributed by atoms with Crippen LogP contribution in [0.25, 0.3) is 11.2 Å². The first-order chi connectivity index (χ1) is 4.92. The second kappa shape index (κ2) is 2.02. The Balaban J connectivity index is 2.76. The fourth-order valence-electron chi connectivity index (χ4n) is 0.811. The maximum Gasteiger partial charge on any atom is 0.205 e. The number of rotatable bonds is 1. The molecule has 0 fully saturated rings. The van der Waals surface area contributed by atoms with Gasteiger partial charge in [-0.1, -0.05) is 5.16 Å². The molecule has 4 heteroatoms. The van der Waals surface area contributed by atoms with Crippen molar-refractivity contribution in [2.24, 2.45) is 0 Å². The third-order valence-electron chi connectivity index (χ3n) is 1.27. The lowest BCUT2D eigenvalue weighted by Crippen LogP contribution is -1.73. The molecule has 52 valence electrons. The van der Waals surface area contributed by atoms with Crippen LogP contribution in [0.4, 0.5) is 0 Å². The average molecular weight is 158 g/mol. The van der Waals surface area contributed by atoms with Crippen molar-refractivity contribution in [1.82, 2.24) is 5.16 Å². The average Bonchev–Trinajstić information content (AvgIpc) is 2.44. The molecule has 2 aromatic rings. The summed E-state index contributed by atoms with van der Waals surface area (Å²) in [5, 5.41) is 3.67. The second-order valence-electron chi connectivity index (χ2n) is 1.88. The molecule has 0 unspecified atom stereocenters. The number of alkyl halides is 1. The van der Waals surface area contributed by atoms with Gasteiger partial charge in [-0.2, -0.15) is 0 Å². The maximum atomic E-state index is 5.52. The van der Waals surface area contributed by atoms with Crippen LogP contribution in [0.5, 0.6) is 0 Å². The Labute approximate surface area is 61.5 Å². The van der Waals surface area contributed by atoms with E-state index in [0.29, 0.717) is 22.7 Å². The van der Waals surface area contributed by atoms with Gasteiger partial charge < -0.3 is 8.94 Å². The summed E-state index contributed by atoms with van der Waals surface area (Å²) >= 11 is 5.52. The Morgan fingerprint density at radius 2 is 2.50 bits per heavy atom. The predicted molar refractivity (Wildman–Crippen MR) is 35.8 cm³/mol. The van der Waals surface area contributed by atoms with Crippen molar-refractivity contribution in [3.63, 3.8) is 0 Å². The van der Waals surface area contributed by atoms with Crippen molar-refractivity contribution in [3.05, 3.63) is 18.0 Å². The summed E-state index contributed by atoms with van der Waals surface area (Å²) in [6.45, 7) is 0. The zero-order valence-electron chi connectivity index (χ0n) is 5.00. The minimum Gasteiger partial charge on any atom is -0.459 e. The predicted octanol–water partition coefficient (Wildman–Crippen LogP) is 2.16. The third-order valence-corrected chi connectivity index (χ3v) is 1.53. The fourth-order valence-corrected chi connectivity index (χ4v) is 0.981. The Morgan fingerprint density at radius 3 is 3.30 bits per heavy atom. The van der Waals surface area contributed by atoms with Gasteiger partial charge >= 0.3 is 0 Å². The highest BCUT2D eigenvalue weighted by molar-refractivity contribution is 6.17. The van der Waals surface area contributed by atoms with Gasteiger partial charge in [-0.15, -0.1) is 11.6 Å². The van der Waals surface area contributed by atoms with E-state index in [-0.39, 0.29) is 0 Å². The van der Waals surface area contributed by atoms with Crippen LogP contribution in [-0.2, 0) is 5.88 Å². The molecule has 0 aliphatic heterocycles. The van der Waals surface area contributed by atoms with Crippen molar-refractivity contribution in [2.45, 2.75) is 5.88 Å². The van der Waals surface area contributed by atoms with Gasteiger partial charge in [-0.25, -0.2) is 0 Å². The van der Waals surface area contributed by atoms with E-state index in [0.717, 1.165) is 0 Å². The van der Waals surface area contributed by atoms with E-state index in [2.05, 4.69) is 5.16 Å².